The lowest BCUT2D eigenvalue weighted by atomic mass is 10.1. The van der Waals surface area contributed by atoms with Crippen LogP contribution in [0.2, 0.25) is 5.02 Å². The van der Waals surface area contributed by atoms with Gasteiger partial charge in [-0.1, -0.05) is 11.6 Å². The van der Waals surface area contributed by atoms with Crippen molar-refractivity contribution in [1.82, 2.24) is 5.32 Å². The second-order valence-corrected chi connectivity index (χ2v) is 6.03. The molecule has 0 fully saturated rings. The predicted molar refractivity (Wildman–Crippen MR) is 89.5 cm³/mol. The maximum absolute atomic E-state index is 13.1. The van der Waals surface area contributed by atoms with Crippen molar-refractivity contribution < 1.29 is 23.0 Å². The number of fused-ring (bicyclic) bond motifs is 1. The highest BCUT2D eigenvalue weighted by Gasteiger charge is 2.18. The zero-order valence-corrected chi connectivity index (χ0v) is 14.0. The largest absolute Gasteiger partial charge is 0.489 e. The van der Waals surface area contributed by atoms with Gasteiger partial charge in [-0.25, -0.2) is 8.78 Å². The van der Waals surface area contributed by atoms with Crippen LogP contribution in [0.15, 0.2) is 30.3 Å². The maximum atomic E-state index is 13.1. The third-order valence-electron chi connectivity index (χ3n) is 3.69. The summed E-state index contributed by atoms with van der Waals surface area (Å²) in [5, 5.41) is 3.00. The van der Waals surface area contributed by atoms with E-state index in [9.17, 15) is 13.6 Å². The second kappa shape index (κ2) is 7.70. The van der Waals surface area contributed by atoms with Gasteiger partial charge in [-0.05, 0) is 36.2 Å². The minimum Gasteiger partial charge on any atom is -0.489 e. The molecule has 25 heavy (non-hydrogen) atoms. The number of hydrogen-bond acceptors (Lipinski definition) is 3. The van der Waals surface area contributed by atoms with E-state index >= 15 is 0 Å². The van der Waals surface area contributed by atoms with Crippen LogP contribution in [-0.4, -0.2) is 25.7 Å². The fourth-order valence-electron chi connectivity index (χ4n) is 2.54. The molecule has 132 valence electrons. The molecule has 0 aliphatic carbocycles. The van der Waals surface area contributed by atoms with E-state index in [4.69, 9.17) is 21.1 Å². The molecule has 1 N–H and O–H groups in total. The SMILES string of the molecule is O=C(NCCc1cc(F)cc(F)c1)c1cc(Cl)c2c(c1)OCCCO2. The summed E-state index contributed by atoms with van der Waals surface area (Å²) in [7, 11) is 0. The van der Waals surface area contributed by atoms with Crippen LogP contribution in [0.1, 0.15) is 22.3 Å². The monoisotopic (exact) mass is 367 g/mol. The first-order chi connectivity index (χ1) is 12.0. The highest BCUT2D eigenvalue weighted by atomic mass is 35.5. The van der Waals surface area contributed by atoms with E-state index in [1.807, 2.05) is 0 Å². The summed E-state index contributed by atoms with van der Waals surface area (Å²) in [6, 6.07) is 6.36. The lowest BCUT2D eigenvalue weighted by molar-refractivity contribution is 0.0953. The van der Waals surface area contributed by atoms with Crippen molar-refractivity contribution in [2.45, 2.75) is 12.8 Å². The molecule has 0 saturated heterocycles. The van der Waals surface area contributed by atoms with E-state index < -0.39 is 11.6 Å². The Balaban J connectivity index is 1.65. The molecular formula is C18H16ClF2NO3. The molecule has 3 rings (SSSR count). The van der Waals surface area contributed by atoms with Gasteiger partial charge in [0.1, 0.15) is 11.6 Å². The molecule has 2 aromatic carbocycles. The van der Waals surface area contributed by atoms with E-state index in [0.29, 0.717) is 47.3 Å². The van der Waals surface area contributed by atoms with Crippen LogP contribution in [0.3, 0.4) is 0 Å². The Labute approximate surface area is 148 Å². The zero-order chi connectivity index (χ0) is 17.8. The van der Waals surface area contributed by atoms with Crippen LogP contribution >= 0.6 is 11.6 Å². The molecule has 0 bridgehead atoms. The average molecular weight is 368 g/mol. The molecule has 1 amide bonds. The standard InChI is InChI=1S/C18H16ClF2NO3/c19-15-8-12(9-16-17(15)25-5-1-4-24-16)18(23)22-3-2-11-6-13(20)10-14(21)7-11/h6-10H,1-5H2,(H,22,23). The average Bonchev–Trinajstić information content (AvgIpc) is 2.79. The van der Waals surface area contributed by atoms with E-state index in [1.165, 1.54) is 18.2 Å². The number of ether oxygens (including phenoxy) is 2. The Hall–Kier alpha value is -2.34. The quantitative estimate of drug-likeness (QED) is 0.895. The van der Waals surface area contributed by atoms with E-state index in [2.05, 4.69) is 5.32 Å². The van der Waals surface area contributed by atoms with Crippen molar-refractivity contribution in [2.24, 2.45) is 0 Å². The van der Waals surface area contributed by atoms with Crippen molar-refractivity contribution in [3.05, 3.63) is 58.1 Å². The molecule has 7 heteroatoms. The molecule has 4 nitrogen and oxygen atoms in total. The Morgan fingerprint density at radius 2 is 1.80 bits per heavy atom. The van der Waals surface area contributed by atoms with Crippen molar-refractivity contribution in [3.8, 4) is 11.5 Å². The maximum Gasteiger partial charge on any atom is 0.251 e. The third kappa shape index (κ3) is 4.39. The summed E-state index contributed by atoms with van der Waals surface area (Å²) < 4.78 is 37.4. The molecule has 0 spiro atoms. The molecule has 0 saturated carbocycles. The Bertz CT molecular complexity index is 778. The molecule has 0 aromatic heterocycles. The number of carbonyl (C=O) groups is 1. The minimum atomic E-state index is -0.643. The molecular weight excluding hydrogens is 352 g/mol. The number of nitrogens with one attached hydrogen (secondary N) is 1. The van der Waals surface area contributed by atoms with Gasteiger partial charge < -0.3 is 14.8 Å². The van der Waals surface area contributed by atoms with Crippen LogP contribution in [0.5, 0.6) is 11.5 Å². The van der Waals surface area contributed by atoms with Crippen molar-refractivity contribution in [3.63, 3.8) is 0 Å². The summed E-state index contributed by atoms with van der Waals surface area (Å²) in [6.45, 7) is 1.22. The van der Waals surface area contributed by atoms with E-state index in [0.717, 1.165) is 12.5 Å². The Kier molecular flexibility index (Phi) is 5.38. The number of benzene rings is 2. The number of carbonyl (C=O) groups excluding carboxylic acids is 1. The van der Waals surface area contributed by atoms with Gasteiger partial charge in [0.15, 0.2) is 11.5 Å². The lowest BCUT2D eigenvalue weighted by Gasteiger charge is -2.12. The summed E-state index contributed by atoms with van der Waals surface area (Å²) in [5.41, 5.74) is 0.800. The van der Waals surface area contributed by atoms with Gasteiger partial charge in [0, 0.05) is 24.6 Å². The van der Waals surface area contributed by atoms with Crippen LogP contribution < -0.4 is 14.8 Å². The zero-order valence-electron chi connectivity index (χ0n) is 13.3. The molecule has 1 heterocycles. The first kappa shape index (κ1) is 17.5. The minimum absolute atomic E-state index is 0.230. The first-order valence-corrected chi connectivity index (χ1v) is 8.23. The number of halogens is 3. The topological polar surface area (TPSA) is 47.6 Å². The van der Waals surface area contributed by atoms with E-state index in [1.54, 1.807) is 6.07 Å². The number of hydrogen-bond donors (Lipinski definition) is 1. The highest BCUT2D eigenvalue weighted by Crippen LogP contribution is 2.37. The highest BCUT2D eigenvalue weighted by molar-refractivity contribution is 6.32. The normalized spacial score (nSPS) is 13.2. The van der Waals surface area contributed by atoms with Crippen LogP contribution in [-0.2, 0) is 6.42 Å². The van der Waals surface area contributed by atoms with Crippen LogP contribution in [0.25, 0.3) is 0 Å². The summed E-state index contributed by atoms with van der Waals surface area (Å²) >= 11 is 6.16. The molecule has 0 unspecified atom stereocenters. The third-order valence-corrected chi connectivity index (χ3v) is 3.97. The van der Waals surface area contributed by atoms with Gasteiger partial charge in [-0.2, -0.15) is 0 Å². The smallest absolute Gasteiger partial charge is 0.251 e. The molecule has 1 aliphatic rings. The van der Waals surface area contributed by atoms with Crippen LogP contribution in [0.4, 0.5) is 8.78 Å². The van der Waals surface area contributed by atoms with E-state index in [-0.39, 0.29) is 12.5 Å². The van der Waals surface area contributed by atoms with Crippen molar-refractivity contribution in [1.29, 1.82) is 0 Å². The number of rotatable bonds is 4. The van der Waals surface area contributed by atoms with Gasteiger partial charge >= 0.3 is 0 Å². The summed E-state index contributed by atoms with van der Waals surface area (Å²) in [5.74, 6) is -0.769. The van der Waals surface area contributed by atoms with Crippen LogP contribution in [0, 0.1) is 11.6 Å². The lowest BCUT2D eigenvalue weighted by Crippen LogP contribution is -2.25. The molecule has 2 aromatic rings. The van der Waals surface area contributed by atoms with Crippen molar-refractivity contribution in [2.75, 3.05) is 19.8 Å². The summed E-state index contributed by atoms with van der Waals surface area (Å²) in [6.07, 6.45) is 1.04. The van der Waals surface area contributed by atoms with Crippen molar-refractivity contribution >= 4 is 17.5 Å². The summed E-state index contributed by atoms with van der Waals surface area (Å²) in [4.78, 5) is 12.3. The van der Waals surface area contributed by atoms with Gasteiger partial charge in [0.05, 0.1) is 18.2 Å². The second-order valence-electron chi connectivity index (χ2n) is 5.62. The predicted octanol–water partition coefficient (Wildman–Crippen LogP) is 3.75. The van der Waals surface area contributed by atoms with Gasteiger partial charge in [-0.15, -0.1) is 0 Å². The van der Waals surface area contributed by atoms with Gasteiger partial charge in [-0.3, -0.25) is 4.79 Å². The Morgan fingerprint density at radius 1 is 1.08 bits per heavy atom. The van der Waals surface area contributed by atoms with Gasteiger partial charge in [0.2, 0.25) is 0 Å². The number of amides is 1. The first-order valence-electron chi connectivity index (χ1n) is 7.85. The van der Waals surface area contributed by atoms with Gasteiger partial charge in [0.25, 0.3) is 5.91 Å². The fourth-order valence-corrected chi connectivity index (χ4v) is 2.80. The fraction of sp³-hybridized carbons (Fsp3) is 0.278. The molecule has 1 aliphatic heterocycles. The molecule has 0 atom stereocenters. The molecule has 0 radical (unpaired) electrons. The Morgan fingerprint density at radius 3 is 2.56 bits per heavy atom.